The number of rotatable bonds is 8. The van der Waals surface area contributed by atoms with E-state index in [1.165, 1.54) is 18.4 Å². The van der Waals surface area contributed by atoms with Crippen molar-refractivity contribution in [1.82, 2.24) is 9.88 Å². The number of hydrogen-bond acceptors (Lipinski definition) is 4. The summed E-state index contributed by atoms with van der Waals surface area (Å²) in [5.41, 5.74) is 4.55. The quantitative estimate of drug-likeness (QED) is 0.379. The molecular formula is C29H37N3O2. The lowest BCUT2D eigenvalue weighted by atomic mass is 9.87. The molecule has 1 fully saturated rings. The fraction of sp³-hybridized carbons (Fsp3) is 0.448. The molecule has 0 aliphatic heterocycles. The fourth-order valence-electron chi connectivity index (χ4n) is 4.12. The predicted molar refractivity (Wildman–Crippen MR) is 139 cm³/mol. The van der Waals surface area contributed by atoms with Gasteiger partial charge in [-0.05, 0) is 72.6 Å². The molecule has 0 spiro atoms. The Morgan fingerprint density at radius 1 is 1.00 bits per heavy atom. The van der Waals surface area contributed by atoms with Gasteiger partial charge >= 0.3 is 0 Å². The lowest BCUT2D eigenvalue weighted by Crippen LogP contribution is -2.34. The van der Waals surface area contributed by atoms with Gasteiger partial charge in [0.05, 0.1) is 0 Å². The second-order valence-electron chi connectivity index (χ2n) is 10.7. The van der Waals surface area contributed by atoms with Gasteiger partial charge in [0.15, 0.2) is 11.5 Å². The maximum Gasteiger partial charge on any atom is 0.276 e. The van der Waals surface area contributed by atoms with Gasteiger partial charge in [0.25, 0.3) is 5.91 Å². The topological polar surface area (TPSA) is 49.6 Å². The van der Waals surface area contributed by atoms with Gasteiger partial charge < -0.3 is 14.2 Å². The first-order valence-corrected chi connectivity index (χ1v) is 12.4. The third-order valence-corrected chi connectivity index (χ3v) is 6.43. The summed E-state index contributed by atoms with van der Waals surface area (Å²) in [4.78, 5) is 22.5. The predicted octanol–water partition coefficient (Wildman–Crippen LogP) is 6.63. The Balaban J connectivity index is 1.74. The number of anilines is 1. The van der Waals surface area contributed by atoms with Crippen molar-refractivity contribution in [3.05, 3.63) is 59.8 Å². The van der Waals surface area contributed by atoms with Gasteiger partial charge in [0.1, 0.15) is 0 Å². The molecule has 4 rings (SSSR count). The number of amides is 1. The highest BCUT2D eigenvalue weighted by Gasteiger charge is 2.31. The van der Waals surface area contributed by atoms with E-state index in [0.717, 1.165) is 36.3 Å². The second kappa shape index (κ2) is 9.65. The third-order valence-electron chi connectivity index (χ3n) is 6.43. The molecule has 1 saturated carbocycles. The van der Waals surface area contributed by atoms with Crippen LogP contribution in [-0.4, -0.2) is 43.0 Å². The van der Waals surface area contributed by atoms with Crippen LogP contribution in [0, 0.1) is 5.92 Å². The number of oxazole rings is 1. The summed E-state index contributed by atoms with van der Waals surface area (Å²) in [6.07, 6.45) is 3.33. The number of aromatic nitrogens is 1. The number of nitrogens with zero attached hydrogens (tertiary/aromatic N) is 3. The molecular weight excluding hydrogens is 422 g/mol. The van der Waals surface area contributed by atoms with Crippen LogP contribution in [0.3, 0.4) is 0 Å². The summed E-state index contributed by atoms with van der Waals surface area (Å²) in [5.74, 6) is 1.61. The van der Waals surface area contributed by atoms with Crippen molar-refractivity contribution >= 4 is 11.6 Å². The lowest BCUT2D eigenvalue weighted by Gasteiger charge is -2.21. The molecule has 0 unspecified atom stereocenters. The molecule has 1 aliphatic rings. The maximum absolute atomic E-state index is 13.7. The lowest BCUT2D eigenvalue weighted by molar-refractivity contribution is 0.0743. The fourth-order valence-corrected chi connectivity index (χ4v) is 4.12. The van der Waals surface area contributed by atoms with E-state index in [2.05, 4.69) is 44.7 Å². The molecule has 2 aromatic carbocycles. The van der Waals surface area contributed by atoms with E-state index in [4.69, 9.17) is 9.40 Å². The van der Waals surface area contributed by atoms with Crippen molar-refractivity contribution in [3.63, 3.8) is 0 Å². The Kier molecular flexibility index (Phi) is 6.83. The van der Waals surface area contributed by atoms with E-state index >= 15 is 0 Å². The highest BCUT2D eigenvalue weighted by atomic mass is 16.4. The first kappa shape index (κ1) is 24.1. The number of benzene rings is 2. The van der Waals surface area contributed by atoms with Crippen LogP contribution in [0.2, 0.25) is 0 Å². The van der Waals surface area contributed by atoms with Crippen LogP contribution in [0.5, 0.6) is 0 Å². The SMILES string of the molecule is CCCN(CC1CC1)C(=O)c1nc(-c2ccc(C(C)(C)C)cc2)oc1-c1ccc(N(C)C)cc1. The normalized spacial score (nSPS) is 13.7. The molecule has 1 aliphatic carbocycles. The van der Waals surface area contributed by atoms with Crippen molar-refractivity contribution in [2.45, 2.75) is 52.4 Å². The molecule has 0 atom stereocenters. The zero-order valence-electron chi connectivity index (χ0n) is 21.4. The van der Waals surface area contributed by atoms with Gasteiger partial charge in [-0.1, -0.05) is 39.8 Å². The molecule has 1 aromatic heterocycles. The van der Waals surface area contributed by atoms with E-state index in [-0.39, 0.29) is 11.3 Å². The van der Waals surface area contributed by atoms with Crippen LogP contribution in [0.25, 0.3) is 22.8 Å². The van der Waals surface area contributed by atoms with Gasteiger partial charge in [0, 0.05) is 44.0 Å². The standard InChI is InChI=1S/C29H37N3O2/c1-7-18-32(19-20-8-9-20)28(33)25-26(21-12-16-24(17-13-21)31(5)6)34-27(30-25)22-10-14-23(15-11-22)29(2,3)4/h10-17,20H,7-9,18-19H2,1-6H3. The summed E-state index contributed by atoms with van der Waals surface area (Å²) in [5, 5.41) is 0. The Morgan fingerprint density at radius 2 is 1.62 bits per heavy atom. The van der Waals surface area contributed by atoms with E-state index in [0.29, 0.717) is 23.3 Å². The van der Waals surface area contributed by atoms with Crippen LogP contribution in [0.1, 0.15) is 63.0 Å². The minimum atomic E-state index is -0.0400. The van der Waals surface area contributed by atoms with Crippen molar-refractivity contribution in [2.75, 3.05) is 32.1 Å². The van der Waals surface area contributed by atoms with Crippen molar-refractivity contribution in [2.24, 2.45) is 5.92 Å². The summed E-state index contributed by atoms with van der Waals surface area (Å²) in [7, 11) is 4.02. The highest BCUT2D eigenvalue weighted by molar-refractivity contribution is 5.98. The maximum atomic E-state index is 13.7. The molecule has 0 N–H and O–H groups in total. The Hall–Kier alpha value is -3.08. The van der Waals surface area contributed by atoms with Gasteiger partial charge in [-0.25, -0.2) is 4.98 Å². The van der Waals surface area contributed by atoms with E-state index in [1.807, 2.05) is 55.4 Å². The van der Waals surface area contributed by atoms with Crippen LogP contribution < -0.4 is 4.90 Å². The van der Waals surface area contributed by atoms with Crippen LogP contribution >= 0.6 is 0 Å². The van der Waals surface area contributed by atoms with Crippen LogP contribution in [0.4, 0.5) is 5.69 Å². The molecule has 5 nitrogen and oxygen atoms in total. The van der Waals surface area contributed by atoms with Crippen molar-refractivity contribution in [3.8, 4) is 22.8 Å². The number of hydrogen-bond donors (Lipinski definition) is 0. The summed E-state index contributed by atoms with van der Waals surface area (Å²) >= 11 is 0. The van der Waals surface area contributed by atoms with Gasteiger partial charge in [-0.2, -0.15) is 0 Å². The summed E-state index contributed by atoms with van der Waals surface area (Å²) < 4.78 is 6.31. The van der Waals surface area contributed by atoms with Crippen LogP contribution in [0.15, 0.2) is 52.9 Å². The van der Waals surface area contributed by atoms with E-state index in [9.17, 15) is 4.79 Å². The summed E-state index contributed by atoms with van der Waals surface area (Å²) in [6.45, 7) is 10.2. The first-order chi connectivity index (χ1) is 16.2. The molecule has 1 amide bonds. The average Bonchev–Trinajstić information content (AvgIpc) is 3.52. The highest BCUT2D eigenvalue weighted by Crippen LogP contribution is 2.34. The van der Waals surface area contributed by atoms with Crippen LogP contribution in [-0.2, 0) is 5.41 Å². The van der Waals surface area contributed by atoms with Crippen molar-refractivity contribution in [1.29, 1.82) is 0 Å². The van der Waals surface area contributed by atoms with Gasteiger partial charge in [0.2, 0.25) is 5.89 Å². The molecule has 3 aromatic rings. The summed E-state index contributed by atoms with van der Waals surface area (Å²) in [6, 6.07) is 16.4. The number of carbonyl (C=O) groups is 1. The Bertz CT molecular complexity index is 1120. The first-order valence-electron chi connectivity index (χ1n) is 12.4. The van der Waals surface area contributed by atoms with Gasteiger partial charge in [-0.15, -0.1) is 0 Å². The smallest absolute Gasteiger partial charge is 0.276 e. The molecule has 0 saturated heterocycles. The molecule has 5 heteroatoms. The minimum absolute atomic E-state index is 0.0400. The second-order valence-corrected chi connectivity index (χ2v) is 10.7. The molecule has 180 valence electrons. The average molecular weight is 460 g/mol. The van der Waals surface area contributed by atoms with E-state index < -0.39 is 0 Å². The third kappa shape index (κ3) is 5.35. The zero-order chi connectivity index (χ0) is 24.5. The molecule has 0 bridgehead atoms. The Morgan fingerprint density at radius 3 is 2.15 bits per heavy atom. The zero-order valence-corrected chi connectivity index (χ0v) is 21.4. The number of carbonyl (C=O) groups excluding carboxylic acids is 1. The largest absolute Gasteiger partial charge is 0.435 e. The molecule has 1 heterocycles. The van der Waals surface area contributed by atoms with Gasteiger partial charge in [-0.3, -0.25) is 4.79 Å². The van der Waals surface area contributed by atoms with E-state index in [1.54, 1.807) is 0 Å². The molecule has 0 radical (unpaired) electrons. The minimum Gasteiger partial charge on any atom is -0.435 e. The molecule has 34 heavy (non-hydrogen) atoms. The Labute approximate surface area is 203 Å². The van der Waals surface area contributed by atoms with Crippen molar-refractivity contribution < 1.29 is 9.21 Å². The monoisotopic (exact) mass is 459 g/mol.